The van der Waals surface area contributed by atoms with Crippen LogP contribution in [0.5, 0.6) is 0 Å². The molecule has 76 valence electrons. The van der Waals surface area contributed by atoms with Crippen molar-refractivity contribution in [1.82, 2.24) is 10.3 Å². The van der Waals surface area contributed by atoms with Gasteiger partial charge in [0.15, 0.2) is 0 Å². The Labute approximate surface area is 86.1 Å². The second kappa shape index (κ2) is 6.33. The standard InChI is InChI=1S/C12H18N2/c1-3-4-6-11(2)14-10-12-7-5-8-13-9-12/h3,5,7-9,11,14H,1,4,6,10H2,2H3/t11-/m0/s1. The van der Waals surface area contributed by atoms with Crippen LogP contribution in [0.3, 0.4) is 0 Å². The van der Waals surface area contributed by atoms with E-state index in [0.717, 1.165) is 19.4 Å². The molecule has 0 fully saturated rings. The number of rotatable bonds is 6. The number of pyridine rings is 1. The van der Waals surface area contributed by atoms with E-state index in [2.05, 4.69) is 29.9 Å². The molecule has 0 aliphatic carbocycles. The van der Waals surface area contributed by atoms with Crippen LogP contribution in [0.1, 0.15) is 25.3 Å². The van der Waals surface area contributed by atoms with E-state index in [-0.39, 0.29) is 0 Å². The summed E-state index contributed by atoms with van der Waals surface area (Å²) in [5, 5.41) is 3.45. The Kier molecular flexibility index (Phi) is 4.94. The monoisotopic (exact) mass is 190 g/mol. The van der Waals surface area contributed by atoms with E-state index in [1.165, 1.54) is 5.56 Å². The first kappa shape index (κ1) is 10.9. The Morgan fingerprint density at radius 2 is 2.50 bits per heavy atom. The summed E-state index contributed by atoms with van der Waals surface area (Å²) in [5.41, 5.74) is 1.23. The van der Waals surface area contributed by atoms with Crippen molar-refractivity contribution in [2.24, 2.45) is 0 Å². The Morgan fingerprint density at radius 3 is 3.14 bits per heavy atom. The fraction of sp³-hybridized carbons (Fsp3) is 0.417. The summed E-state index contributed by atoms with van der Waals surface area (Å²) in [6, 6.07) is 4.58. The zero-order chi connectivity index (χ0) is 10.2. The molecule has 0 saturated carbocycles. The summed E-state index contributed by atoms with van der Waals surface area (Å²) in [4.78, 5) is 4.07. The summed E-state index contributed by atoms with van der Waals surface area (Å²) in [7, 11) is 0. The maximum atomic E-state index is 4.07. The number of hydrogen-bond acceptors (Lipinski definition) is 2. The fourth-order valence-electron chi connectivity index (χ4n) is 1.26. The highest BCUT2D eigenvalue weighted by Gasteiger charge is 1.99. The molecule has 0 bridgehead atoms. The number of nitrogens with one attached hydrogen (secondary N) is 1. The van der Waals surface area contributed by atoms with E-state index < -0.39 is 0 Å². The van der Waals surface area contributed by atoms with Crippen molar-refractivity contribution in [3.63, 3.8) is 0 Å². The Balaban J connectivity index is 2.23. The number of hydrogen-bond donors (Lipinski definition) is 1. The smallest absolute Gasteiger partial charge is 0.0312 e. The second-order valence-electron chi connectivity index (χ2n) is 3.51. The highest BCUT2D eigenvalue weighted by Crippen LogP contribution is 2.00. The van der Waals surface area contributed by atoms with E-state index in [9.17, 15) is 0 Å². The quantitative estimate of drug-likeness (QED) is 0.697. The molecule has 0 amide bonds. The molecule has 1 aromatic rings. The first-order valence-electron chi connectivity index (χ1n) is 5.06. The van der Waals surface area contributed by atoms with E-state index in [1.54, 1.807) is 6.20 Å². The molecular formula is C12H18N2. The van der Waals surface area contributed by atoms with Gasteiger partial charge in [-0.25, -0.2) is 0 Å². The average molecular weight is 190 g/mol. The molecular weight excluding hydrogens is 172 g/mol. The molecule has 14 heavy (non-hydrogen) atoms. The predicted molar refractivity (Wildman–Crippen MR) is 60.0 cm³/mol. The molecule has 0 aliphatic rings. The van der Waals surface area contributed by atoms with Gasteiger partial charge in [0.2, 0.25) is 0 Å². The second-order valence-corrected chi connectivity index (χ2v) is 3.51. The highest BCUT2D eigenvalue weighted by molar-refractivity contribution is 5.07. The summed E-state index contributed by atoms with van der Waals surface area (Å²) >= 11 is 0. The highest BCUT2D eigenvalue weighted by atomic mass is 14.9. The van der Waals surface area contributed by atoms with Crippen molar-refractivity contribution in [1.29, 1.82) is 0 Å². The van der Waals surface area contributed by atoms with Crippen LogP contribution >= 0.6 is 0 Å². The average Bonchev–Trinajstić information content (AvgIpc) is 2.25. The van der Waals surface area contributed by atoms with Gasteiger partial charge in [-0.2, -0.15) is 0 Å². The third kappa shape index (κ3) is 4.19. The normalized spacial score (nSPS) is 12.4. The lowest BCUT2D eigenvalue weighted by atomic mass is 10.1. The van der Waals surface area contributed by atoms with E-state index in [4.69, 9.17) is 0 Å². The molecule has 0 radical (unpaired) electrons. The minimum absolute atomic E-state index is 0.535. The van der Waals surface area contributed by atoms with Crippen LogP contribution in [0.25, 0.3) is 0 Å². The van der Waals surface area contributed by atoms with Gasteiger partial charge in [-0.05, 0) is 31.4 Å². The molecule has 0 unspecified atom stereocenters. The summed E-state index contributed by atoms with van der Waals surface area (Å²) in [6.07, 6.45) is 7.87. The molecule has 0 aliphatic heterocycles. The molecule has 1 N–H and O–H groups in total. The van der Waals surface area contributed by atoms with E-state index in [1.807, 2.05) is 18.3 Å². The third-order valence-corrected chi connectivity index (χ3v) is 2.18. The minimum atomic E-state index is 0.535. The molecule has 1 heterocycles. The van der Waals surface area contributed by atoms with Crippen LogP contribution in [0.4, 0.5) is 0 Å². The lowest BCUT2D eigenvalue weighted by Crippen LogP contribution is -2.25. The largest absolute Gasteiger partial charge is 0.310 e. The molecule has 1 rings (SSSR count). The third-order valence-electron chi connectivity index (χ3n) is 2.18. The molecule has 1 aromatic heterocycles. The van der Waals surface area contributed by atoms with Gasteiger partial charge in [0.05, 0.1) is 0 Å². The van der Waals surface area contributed by atoms with Gasteiger partial charge in [0, 0.05) is 25.0 Å². The van der Waals surface area contributed by atoms with Gasteiger partial charge < -0.3 is 5.32 Å². The fourth-order valence-corrected chi connectivity index (χ4v) is 1.26. The SMILES string of the molecule is C=CCC[C@H](C)NCc1cccnc1. The molecule has 2 nitrogen and oxygen atoms in total. The van der Waals surface area contributed by atoms with E-state index in [0.29, 0.717) is 6.04 Å². The van der Waals surface area contributed by atoms with Crippen LogP contribution in [0, 0.1) is 0 Å². The Hall–Kier alpha value is -1.15. The van der Waals surface area contributed by atoms with Crippen molar-refractivity contribution < 1.29 is 0 Å². The van der Waals surface area contributed by atoms with Gasteiger partial charge in [0.25, 0.3) is 0 Å². The summed E-state index contributed by atoms with van der Waals surface area (Å²) < 4.78 is 0. The first-order chi connectivity index (χ1) is 6.83. The van der Waals surface area contributed by atoms with Gasteiger partial charge in [-0.1, -0.05) is 12.1 Å². The van der Waals surface area contributed by atoms with Gasteiger partial charge in [0.1, 0.15) is 0 Å². The maximum absolute atomic E-state index is 4.07. The van der Waals surface area contributed by atoms with Crippen LogP contribution in [0.15, 0.2) is 37.2 Å². The zero-order valence-corrected chi connectivity index (χ0v) is 8.74. The Bertz CT molecular complexity index is 256. The van der Waals surface area contributed by atoms with Crippen molar-refractivity contribution in [3.8, 4) is 0 Å². The topological polar surface area (TPSA) is 24.9 Å². The van der Waals surface area contributed by atoms with Crippen LogP contribution in [0.2, 0.25) is 0 Å². The minimum Gasteiger partial charge on any atom is -0.310 e. The summed E-state index contributed by atoms with van der Waals surface area (Å²) in [6.45, 7) is 6.80. The van der Waals surface area contributed by atoms with Crippen molar-refractivity contribution in [2.45, 2.75) is 32.4 Å². The van der Waals surface area contributed by atoms with Crippen molar-refractivity contribution >= 4 is 0 Å². The number of aromatic nitrogens is 1. The van der Waals surface area contributed by atoms with Crippen LogP contribution < -0.4 is 5.32 Å². The predicted octanol–water partition coefficient (Wildman–Crippen LogP) is 2.53. The van der Waals surface area contributed by atoms with Crippen LogP contribution in [-0.2, 0) is 6.54 Å². The molecule has 2 heteroatoms. The van der Waals surface area contributed by atoms with Crippen LogP contribution in [-0.4, -0.2) is 11.0 Å². The summed E-state index contributed by atoms with van der Waals surface area (Å²) in [5.74, 6) is 0. The lowest BCUT2D eigenvalue weighted by Gasteiger charge is -2.12. The maximum Gasteiger partial charge on any atom is 0.0312 e. The molecule has 0 spiro atoms. The van der Waals surface area contributed by atoms with Gasteiger partial charge in [-0.15, -0.1) is 6.58 Å². The molecule has 1 atom stereocenters. The van der Waals surface area contributed by atoms with E-state index >= 15 is 0 Å². The van der Waals surface area contributed by atoms with Crippen molar-refractivity contribution in [2.75, 3.05) is 0 Å². The number of nitrogens with zero attached hydrogens (tertiary/aromatic N) is 1. The molecule has 0 saturated heterocycles. The molecule has 0 aromatic carbocycles. The lowest BCUT2D eigenvalue weighted by molar-refractivity contribution is 0.517. The first-order valence-corrected chi connectivity index (χ1v) is 5.06. The Morgan fingerprint density at radius 1 is 1.64 bits per heavy atom. The number of allylic oxidation sites excluding steroid dienone is 1. The zero-order valence-electron chi connectivity index (χ0n) is 8.74. The van der Waals surface area contributed by atoms with Gasteiger partial charge >= 0.3 is 0 Å². The van der Waals surface area contributed by atoms with Gasteiger partial charge in [-0.3, -0.25) is 4.98 Å². The van der Waals surface area contributed by atoms with Crippen molar-refractivity contribution in [3.05, 3.63) is 42.7 Å².